The fourth-order valence-electron chi connectivity index (χ4n) is 2.82. The quantitative estimate of drug-likeness (QED) is 0.907. The van der Waals surface area contributed by atoms with Crippen molar-refractivity contribution in [3.63, 3.8) is 0 Å². The van der Waals surface area contributed by atoms with Crippen LogP contribution in [0.15, 0.2) is 24.3 Å². The van der Waals surface area contributed by atoms with Crippen LogP contribution in [-0.4, -0.2) is 30.6 Å². The number of aliphatic carboxylic acids is 1. The zero-order valence-corrected chi connectivity index (χ0v) is 12.4. The summed E-state index contributed by atoms with van der Waals surface area (Å²) in [4.78, 5) is 24.8. The molecule has 1 saturated carbocycles. The Morgan fingerprint density at radius 3 is 2.36 bits per heavy atom. The first-order valence-corrected chi connectivity index (χ1v) is 6.72. The van der Waals surface area contributed by atoms with Crippen LogP contribution in [0, 0.1) is 17.3 Å². The molecule has 22 heavy (non-hydrogen) atoms. The van der Waals surface area contributed by atoms with E-state index in [4.69, 9.17) is 5.11 Å². The number of amides is 1. The molecule has 0 spiro atoms. The zero-order chi connectivity index (χ0) is 16.7. The number of carbonyl (C=O) groups excluding carboxylic acids is 1. The van der Waals surface area contributed by atoms with Gasteiger partial charge in [-0.3, -0.25) is 9.59 Å². The van der Waals surface area contributed by atoms with Crippen LogP contribution in [0.2, 0.25) is 0 Å². The Morgan fingerprint density at radius 2 is 1.86 bits per heavy atom. The van der Waals surface area contributed by atoms with Crippen molar-refractivity contribution < 1.29 is 28.2 Å². The standard InChI is InChI=1S/C15H17F2NO4/c1-15(2)10(11(15)13(20)21)12(19)18(3)8-6-4-5-7-9(8)22-14(16)17/h4-7,10-11,14H,1-3H3,(H,20,21). The van der Waals surface area contributed by atoms with Crippen LogP contribution >= 0.6 is 0 Å². The van der Waals surface area contributed by atoms with Crippen molar-refractivity contribution in [1.82, 2.24) is 0 Å². The van der Waals surface area contributed by atoms with Gasteiger partial charge in [-0.25, -0.2) is 0 Å². The second-order valence-corrected chi connectivity index (χ2v) is 5.86. The number of ether oxygens (including phenoxy) is 1. The van der Waals surface area contributed by atoms with E-state index in [1.54, 1.807) is 19.9 Å². The van der Waals surface area contributed by atoms with Crippen molar-refractivity contribution >= 4 is 17.6 Å². The minimum atomic E-state index is -3.01. The summed E-state index contributed by atoms with van der Waals surface area (Å²) in [5, 5.41) is 9.14. The highest BCUT2D eigenvalue weighted by Crippen LogP contribution is 2.59. The van der Waals surface area contributed by atoms with E-state index in [9.17, 15) is 18.4 Å². The van der Waals surface area contributed by atoms with E-state index in [2.05, 4.69) is 4.74 Å². The second-order valence-electron chi connectivity index (χ2n) is 5.86. The molecule has 1 fully saturated rings. The van der Waals surface area contributed by atoms with Crippen LogP contribution in [0.1, 0.15) is 13.8 Å². The average Bonchev–Trinajstić information content (AvgIpc) is 3.00. The van der Waals surface area contributed by atoms with Gasteiger partial charge in [0, 0.05) is 7.05 Å². The highest BCUT2D eigenvalue weighted by Gasteiger charge is 2.66. The van der Waals surface area contributed by atoms with Gasteiger partial charge in [-0.15, -0.1) is 0 Å². The molecule has 5 nitrogen and oxygen atoms in total. The van der Waals surface area contributed by atoms with Crippen molar-refractivity contribution in [3.8, 4) is 5.75 Å². The monoisotopic (exact) mass is 313 g/mol. The molecule has 1 aromatic carbocycles. The fourth-order valence-corrected chi connectivity index (χ4v) is 2.82. The zero-order valence-electron chi connectivity index (χ0n) is 12.4. The highest BCUT2D eigenvalue weighted by molar-refractivity contribution is 6.01. The number of hydrogen-bond donors (Lipinski definition) is 1. The van der Waals surface area contributed by atoms with Gasteiger partial charge in [0.2, 0.25) is 5.91 Å². The number of carboxylic acids is 1. The predicted molar refractivity (Wildman–Crippen MR) is 74.9 cm³/mol. The molecule has 2 rings (SSSR count). The third-order valence-corrected chi connectivity index (χ3v) is 4.13. The number of halogens is 2. The molecule has 1 N–H and O–H groups in total. The third kappa shape index (κ3) is 2.75. The first kappa shape index (κ1) is 16.2. The van der Waals surface area contributed by atoms with Gasteiger partial charge in [-0.05, 0) is 17.5 Å². The molecular weight excluding hydrogens is 296 g/mol. The van der Waals surface area contributed by atoms with E-state index in [-0.39, 0.29) is 11.4 Å². The van der Waals surface area contributed by atoms with E-state index in [0.29, 0.717) is 0 Å². The van der Waals surface area contributed by atoms with Gasteiger partial charge < -0.3 is 14.7 Å². The number of para-hydroxylation sites is 2. The summed E-state index contributed by atoms with van der Waals surface area (Å²) >= 11 is 0. The lowest BCUT2D eigenvalue weighted by atomic mass is 10.1. The Kier molecular flexibility index (Phi) is 4.08. The number of nitrogens with zero attached hydrogens (tertiary/aromatic N) is 1. The Bertz CT molecular complexity index is 603. The number of anilines is 1. The minimum absolute atomic E-state index is 0.126. The minimum Gasteiger partial charge on any atom is -0.481 e. The first-order valence-electron chi connectivity index (χ1n) is 6.72. The van der Waals surface area contributed by atoms with Gasteiger partial charge >= 0.3 is 12.6 Å². The molecule has 1 aliphatic rings. The molecular formula is C15H17F2NO4. The van der Waals surface area contributed by atoms with Gasteiger partial charge in [0.1, 0.15) is 5.75 Å². The summed E-state index contributed by atoms with van der Waals surface area (Å²) in [7, 11) is 1.42. The molecule has 0 aromatic heterocycles. The first-order chi connectivity index (χ1) is 10.2. The Labute approximate surface area is 126 Å². The predicted octanol–water partition coefficient (Wildman–Crippen LogP) is 2.61. The number of alkyl halides is 2. The van der Waals surface area contributed by atoms with E-state index >= 15 is 0 Å². The maximum atomic E-state index is 12.5. The molecule has 120 valence electrons. The van der Waals surface area contributed by atoms with Gasteiger partial charge in [-0.1, -0.05) is 26.0 Å². The maximum absolute atomic E-state index is 12.5. The van der Waals surface area contributed by atoms with Crippen LogP contribution in [0.5, 0.6) is 5.75 Å². The number of hydrogen-bond acceptors (Lipinski definition) is 3. The third-order valence-electron chi connectivity index (χ3n) is 4.13. The van der Waals surface area contributed by atoms with Crippen LogP contribution in [0.3, 0.4) is 0 Å². The molecule has 7 heteroatoms. The summed E-state index contributed by atoms with van der Waals surface area (Å²) < 4.78 is 29.2. The fraction of sp³-hybridized carbons (Fsp3) is 0.467. The molecule has 0 radical (unpaired) electrons. The summed E-state index contributed by atoms with van der Waals surface area (Å²) in [5.74, 6) is -3.05. The van der Waals surface area contributed by atoms with Gasteiger partial charge in [0.15, 0.2) is 0 Å². The van der Waals surface area contributed by atoms with E-state index < -0.39 is 35.7 Å². The van der Waals surface area contributed by atoms with Crippen LogP contribution in [0.4, 0.5) is 14.5 Å². The number of carboxylic acid groups (broad SMARTS) is 1. The van der Waals surface area contributed by atoms with Crippen LogP contribution < -0.4 is 9.64 Å². The smallest absolute Gasteiger partial charge is 0.387 e. The van der Waals surface area contributed by atoms with Crippen molar-refractivity contribution in [3.05, 3.63) is 24.3 Å². The Hall–Kier alpha value is -2.18. The summed E-state index contributed by atoms with van der Waals surface area (Å²) in [6, 6.07) is 5.91. The van der Waals surface area contributed by atoms with E-state index in [0.717, 1.165) is 0 Å². The Morgan fingerprint density at radius 1 is 1.27 bits per heavy atom. The van der Waals surface area contributed by atoms with E-state index in [1.165, 1.54) is 30.1 Å². The van der Waals surface area contributed by atoms with Crippen LogP contribution in [0.25, 0.3) is 0 Å². The van der Waals surface area contributed by atoms with Crippen molar-refractivity contribution in [1.29, 1.82) is 0 Å². The molecule has 2 unspecified atom stereocenters. The molecule has 1 amide bonds. The maximum Gasteiger partial charge on any atom is 0.387 e. The van der Waals surface area contributed by atoms with Crippen molar-refractivity contribution in [2.24, 2.45) is 17.3 Å². The largest absolute Gasteiger partial charge is 0.481 e. The molecule has 0 saturated heterocycles. The summed E-state index contributed by atoms with van der Waals surface area (Å²) in [6.45, 7) is 0.391. The molecule has 2 atom stereocenters. The van der Waals surface area contributed by atoms with Gasteiger partial charge in [0.05, 0.1) is 17.5 Å². The van der Waals surface area contributed by atoms with Crippen molar-refractivity contribution in [2.75, 3.05) is 11.9 Å². The highest BCUT2D eigenvalue weighted by atomic mass is 19.3. The number of rotatable bonds is 5. The molecule has 0 bridgehead atoms. The lowest BCUT2D eigenvalue weighted by Crippen LogP contribution is -2.30. The molecule has 1 aliphatic carbocycles. The van der Waals surface area contributed by atoms with E-state index in [1.807, 2.05) is 0 Å². The summed E-state index contributed by atoms with van der Waals surface area (Å²) in [6.07, 6.45) is 0. The molecule has 1 aromatic rings. The normalized spacial score (nSPS) is 22.3. The van der Waals surface area contributed by atoms with Crippen molar-refractivity contribution in [2.45, 2.75) is 20.5 Å². The van der Waals surface area contributed by atoms with Gasteiger partial charge in [0.25, 0.3) is 0 Å². The molecule has 0 aliphatic heterocycles. The lowest BCUT2D eigenvalue weighted by Gasteiger charge is -2.21. The lowest BCUT2D eigenvalue weighted by molar-refractivity contribution is -0.140. The topological polar surface area (TPSA) is 66.8 Å². The summed E-state index contributed by atoms with van der Waals surface area (Å²) in [5.41, 5.74) is -0.477. The SMILES string of the molecule is CN(C(=O)C1C(C(=O)O)C1(C)C)c1ccccc1OC(F)F. The van der Waals surface area contributed by atoms with Gasteiger partial charge in [-0.2, -0.15) is 8.78 Å². The second kappa shape index (κ2) is 5.55. The Balaban J connectivity index is 2.24. The molecule has 0 heterocycles. The number of carbonyl (C=O) groups is 2. The average molecular weight is 313 g/mol. The number of benzene rings is 1. The van der Waals surface area contributed by atoms with Crippen LogP contribution in [-0.2, 0) is 9.59 Å².